The summed E-state index contributed by atoms with van der Waals surface area (Å²) in [6.07, 6.45) is 0. The lowest BCUT2D eigenvalue weighted by atomic mass is 10.0. The number of aromatic carboxylic acids is 1. The van der Waals surface area contributed by atoms with Crippen LogP contribution in [0.3, 0.4) is 0 Å². The molecule has 6 nitrogen and oxygen atoms in total. The molecule has 1 saturated heterocycles. The van der Waals surface area contributed by atoms with Crippen molar-refractivity contribution in [3.63, 3.8) is 0 Å². The van der Waals surface area contributed by atoms with E-state index in [1.807, 2.05) is 6.92 Å². The third kappa shape index (κ3) is 3.56. The maximum Gasteiger partial charge on any atom is 0.337 e. The van der Waals surface area contributed by atoms with E-state index in [2.05, 4.69) is 10.6 Å². The van der Waals surface area contributed by atoms with Gasteiger partial charge in [-0.3, -0.25) is 4.79 Å². The number of anilines is 1. The van der Waals surface area contributed by atoms with Gasteiger partial charge in [-0.1, -0.05) is 6.92 Å². The van der Waals surface area contributed by atoms with Gasteiger partial charge in [0.25, 0.3) is 0 Å². The van der Waals surface area contributed by atoms with Gasteiger partial charge in [0.1, 0.15) is 5.82 Å². The lowest BCUT2D eigenvalue weighted by Gasteiger charge is -2.18. The number of rotatable bonds is 5. The molecule has 0 bridgehead atoms. The summed E-state index contributed by atoms with van der Waals surface area (Å²) in [6.45, 7) is 3.33. The zero-order valence-electron chi connectivity index (χ0n) is 11.6. The summed E-state index contributed by atoms with van der Waals surface area (Å²) in [5, 5.41) is 14.7. The van der Waals surface area contributed by atoms with E-state index in [1.54, 1.807) is 0 Å². The van der Waals surface area contributed by atoms with E-state index in [0.717, 1.165) is 12.1 Å². The molecule has 0 aromatic heterocycles. The summed E-state index contributed by atoms with van der Waals surface area (Å²) in [6, 6.07) is 3.12. The van der Waals surface area contributed by atoms with Crippen LogP contribution in [0.4, 0.5) is 10.1 Å². The van der Waals surface area contributed by atoms with Crippen LogP contribution in [0.15, 0.2) is 18.2 Å². The minimum absolute atomic E-state index is 0.0797. The Bertz CT molecular complexity index is 550. The number of benzene rings is 1. The maximum atomic E-state index is 13.1. The highest BCUT2D eigenvalue weighted by Crippen LogP contribution is 2.21. The molecule has 1 heterocycles. The highest BCUT2D eigenvalue weighted by molar-refractivity contribution is 6.01. The fourth-order valence-corrected chi connectivity index (χ4v) is 2.30. The highest BCUT2D eigenvalue weighted by Gasteiger charge is 2.33. The maximum absolute atomic E-state index is 13.1. The van der Waals surface area contributed by atoms with Gasteiger partial charge in [-0.15, -0.1) is 0 Å². The summed E-state index contributed by atoms with van der Waals surface area (Å²) >= 11 is 0. The van der Waals surface area contributed by atoms with Crippen molar-refractivity contribution in [2.75, 3.05) is 25.1 Å². The van der Waals surface area contributed by atoms with Crippen LogP contribution in [0.2, 0.25) is 0 Å². The van der Waals surface area contributed by atoms with Crippen molar-refractivity contribution < 1.29 is 23.8 Å². The molecule has 3 N–H and O–H groups in total. The van der Waals surface area contributed by atoms with Crippen LogP contribution in [-0.2, 0) is 9.53 Å². The van der Waals surface area contributed by atoms with E-state index >= 15 is 0 Å². The van der Waals surface area contributed by atoms with Crippen LogP contribution in [0.25, 0.3) is 0 Å². The first-order valence-corrected chi connectivity index (χ1v) is 6.67. The first kappa shape index (κ1) is 15.4. The minimum Gasteiger partial charge on any atom is -0.478 e. The Morgan fingerprint density at radius 3 is 2.86 bits per heavy atom. The van der Waals surface area contributed by atoms with E-state index in [1.165, 1.54) is 6.07 Å². The largest absolute Gasteiger partial charge is 0.478 e. The standard InChI is InChI=1S/C14H17FN2O4/c1-2-16-12-7-21-6-10(12)13(18)17-11-4-3-8(15)5-9(11)14(19)20/h3-5,10,12,16H,2,6-7H2,1H3,(H,17,18)(H,19,20). The van der Waals surface area contributed by atoms with Gasteiger partial charge in [0.15, 0.2) is 0 Å². The molecule has 2 unspecified atom stereocenters. The fourth-order valence-electron chi connectivity index (χ4n) is 2.30. The molecule has 1 amide bonds. The predicted octanol–water partition coefficient (Wildman–Crippen LogP) is 1.09. The van der Waals surface area contributed by atoms with Crippen LogP contribution >= 0.6 is 0 Å². The van der Waals surface area contributed by atoms with Crippen LogP contribution < -0.4 is 10.6 Å². The van der Waals surface area contributed by atoms with Crippen LogP contribution in [0.5, 0.6) is 0 Å². The van der Waals surface area contributed by atoms with Gasteiger partial charge in [0.2, 0.25) is 5.91 Å². The van der Waals surface area contributed by atoms with E-state index in [4.69, 9.17) is 9.84 Å². The number of amides is 1. The molecule has 0 saturated carbocycles. The monoisotopic (exact) mass is 296 g/mol. The lowest BCUT2D eigenvalue weighted by Crippen LogP contribution is -2.41. The number of ether oxygens (including phenoxy) is 1. The number of halogens is 1. The zero-order valence-corrected chi connectivity index (χ0v) is 11.6. The molecule has 0 radical (unpaired) electrons. The summed E-state index contributed by atoms with van der Waals surface area (Å²) in [5.41, 5.74) is -0.196. The number of hydrogen-bond donors (Lipinski definition) is 3. The van der Waals surface area contributed by atoms with Crippen molar-refractivity contribution in [2.24, 2.45) is 5.92 Å². The Balaban J connectivity index is 2.14. The van der Waals surface area contributed by atoms with Crippen molar-refractivity contribution in [2.45, 2.75) is 13.0 Å². The average Bonchev–Trinajstić information content (AvgIpc) is 2.89. The summed E-state index contributed by atoms with van der Waals surface area (Å²) in [4.78, 5) is 23.3. The molecule has 2 rings (SSSR count). The topological polar surface area (TPSA) is 87.7 Å². The van der Waals surface area contributed by atoms with Gasteiger partial charge in [-0.25, -0.2) is 9.18 Å². The number of nitrogens with one attached hydrogen (secondary N) is 2. The zero-order chi connectivity index (χ0) is 15.4. The molecular formula is C14H17FN2O4. The SMILES string of the molecule is CCNC1COCC1C(=O)Nc1ccc(F)cc1C(=O)O. The minimum atomic E-state index is -1.30. The number of carboxylic acid groups (broad SMARTS) is 1. The summed E-state index contributed by atoms with van der Waals surface area (Å²) in [5.74, 6) is -2.71. The smallest absolute Gasteiger partial charge is 0.337 e. The van der Waals surface area contributed by atoms with Crippen LogP contribution in [0, 0.1) is 11.7 Å². The molecule has 21 heavy (non-hydrogen) atoms. The second kappa shape index (κ2) is 6.64. The summed E-state index contributed by atoms with van der Waals surface area (Å²) in [7, 11) is 0. The predicted molar refractivity (Wildman–Crippen MR) is 73.8 cm³/mol. The molecule has 0 spiro atoms. The fraction of sp³-hybridized carbons (Fsp3) is 0.429. The number of carbonyl (C=O) groups excluding carboxylic acids is 1. The molecule has 1 aromatic rings. The van der Waals surface area contributed by atoms with E-state index in [0.29, 0.717) is 13.2 Å². The van der Waals surface area contributed by atoms with Crippen LogP contribution in [-0.4, -0.2) is 42.8 Å². The highest BCUT2D eigenvalue weighted by atomic mass is 19.1. The van der Waals surface area contributed by atoms with E-state index < -0.39 is 17.7 Å². The quantitative estimate of drug-likeness (QED) is 0.757. The number of hydrogen-bond acceptors (Lipinski definition) is 4. The second-order valence-corrected chi connectivity index (χ2v) is 4.79. The Morgan fingerprint density at radius 2 is 2.19 bits per heavy atom. The Hall–Kier alpha value is -1.99. The lowest BCUT2D eigenvalue weighted by molar-refractivity contribution is -0.120. The Morgan fingerprint density at radius 1 is 1.43 bits per heavy atom. The number of carbonyl (C=O) groups is 2. The second-order valence-electron chi connectivity index (χ2n) is 4.79. The molecule has 7 heteroatoms. The van der Waals surface area contributed by atoms with Crippen molar-refractivity contribution >= 4 is 17.6 Å². The Labute approximate surface area is 121 Å². The van der Waals surface area contributed by atoms with Gasteiger partial charge < -0.3 is 20.5 Å². The Kier molecular flexibility index (Phi) is 4.87. The summed E-state index contributed by atoms with van der Waals surface area (Å²) < 4.78 is 18.4. The van der Waals surface area contributed by atoms with Gasteiger partial charge in [-0.05, 0) is 24.7 Å². The molecule has 1 aromatic carbocycles. The first-order chi connectivity index (χ1) is 10.0. The molecule has 2 atom stereocenters. The first-order valence-electron chi connectivity index (χ1n) is 6.67. The van der Waals surface area contributed by atoms with Crippen molar-refractivity contribution in [1.29, 1.82) is 0 Å². The normalized spacial score (nSPS) is 21.2. The third-order valence-corrected chi connectivity index (χ3v) is 3.35. The van der Waals surface area contributed by atoms with E-state index in [9.17, 15) is 14.0 Å². The van der Waals surface area contributed by atoms with Crippen molar-refractivity contribution in [3.8, 4) is 0 Å². The van der Waals surface area contributed by atoms with Gasteiger partial charge in [0, 0.05) is 6.04 Å². The van der Waals surface area contributed by atoms with Gasteiger partial charge in [0.05, 0.1) is 30.4 Å². The number of likely N-dealkylation sites (N-methyl/N-ethyl adjacent to an activating group) is 1. The van der Waals surface area contributed by atoms with Crippen molar-refractivity contribution in [3.05, 3.63) is 29.6 Å². The molecule has 1 aliphatic heterocycles. The van der Waals surface area contributed by atoms with Crippen LogP contribution in [0.1, 0.15) is 17.3 Å². The molecule has 114 valence electrons. The molecular weight excluding hydrogens is 279 g/mol. The average molecular weight is 296 g/mol. The van der Waals surface area contributed by atoms with Gasteiger partial charge in [-0.2, -0.15) is 0 Å². The van der Waals surface area contributed by atoms with E-state index in [-0.39, 0.29) is 29.8 Å². The molecule has 0 aliphatic carbocycles. The van der Waals surface area contributed by atoms with Crippen molar-refractivity contribution in [1.82, 2.24) is 5.32 Å². The third-order valence-electron chi connectivity index (χ3n) is 3.35. The molecule has 1 aliphatic rings. The van der Waals surface area contributed by atoms with Gasteiger partial charge >= 0.3 is 5.97 Å². The number of carboxylic acids is 1. The molecule has 1 fully saturated rings.